The summed E-state index contributed by atoms with van der Waals surface area (Å²) in [4.78, 5) is 0. The predicted molar refractivity (Wildman–Crippen MR) is 44.1 cm³/mol. The second-order valence-corrected chi connectivity index (χ2v) is 2.51. The number of alkyl halides is 2. The zero-order chi connectivity index (χ0) is 10.6. The highest BCUT2D eigenvalue weighted by molar-refractivity contribution is 5.28. The van der Waals surface area contributed by atoms with Gasteiger partial charge in [0.05, 0.1) is 0 Å². The molecule has 1 rings (SSSR count). The van der Waals surface area contributed by atoms with Gasteiger partial charge >= 0.3 is 6.61 Å². The molecule has 0 atom stereocenters. The SMILES string of the molecule is NNCc1ccc(OC(F)F)cc1F. The molecule has 6 heteroatoms. The van der Waals surface area contributed by atoms with E-state index in [1.807, 2.05) is 0 Å². The van der Waals surface area contributed by atoms with Crippen molar-refractivity contribution in [3.8, 4) is 5.75 Å². The fourth-order valence-corrected chi connectivity index (χ4v) is 0.958. The van der Waals surface area contributed by atoms with Crippen LogP contribution in [0.2, 0.25) is 0 Å². The molecule has 0 aliphatic rings. The van der Waals surface area contributed by atoms with Gasteiger partial charge in [0.25, 0.3) is 0 Å². The van der Waals surface area contributed by atoms with Crippen molar-refractivity contribution in [3.05, 3.63) is 29.6 Å². The molecule has 0 saturated heterocycles. The first-order valence-electron chi connectivity index (χ1n) is 3.80. The quantitative estimate of drug-likeness (QED) is 0.578. The van der Waals surface area contributed by atoms with Gasteiger partial charge in [-0.05, 0) is 6.07 Å². The number of halogens is 3. The molecule has 0 aliphatic carbocycles. The van der Waals surface area contributed by atoms with Crippen LogP contribution in [0, 0.1) is 5.82 Å². The highest BCUT2D eigenvalue weighted by Crippen LogP contribution is 2.18. The number of nitrogens with one attached hydrogen (secondary N) is 1. The van der Waals surface area contributed by atoms with Crippen LogP contribution in [0.25, 0.3) is 0 Å². The molecule has 14 heavy (non-hydrogen) atoms. The number of ether oxygens (including phenoxy) is 1. The fourth-order valence-electron chi connectivity index (χ4n) is 0.958. The third-order valence-electron chi connectivity index (χ3n) is 1.54. The minimum Gasteiger partial charge on any atom is -0.435 e. The molecule has 0 radical (unpaired) electrons. The Hall–Kier alpha value is -1.27. The zero-order valence-corrected chi connectivity index (χ0v) is 7.14. The molecule has 3 N–H and O–H groups in total. The first-order valence-corrected chi connectivity index (χ1v) is 3.80. The topological polar surface area (TPSA) is 47.3 Å². The van der Waals surface area contributed by atoms with E-state index in [4.69, 9.17) is 5.84 Å². The molecule has 1 aromatic carbocycles. The Bertz CT molecular complexity index is 307. The van der Waals surface area contributed by atoms with Gasteiger partial charge in [0, 0.05) is 18.2 Å². The van der Waals surface area contributed by atoms with Gasteiger partial charge in [-0.3, -0.25) is 11.3 Å². The van der Waals surface area contributed by atoms with Gasteiger partial charge in [0.1, 0.15) is 11.6 Å². The Kier molecular flexibility index (Phi) is 3.73. The maximum absolute atomic E-state index is 13.1. The van der Waals surface area contributed by atoms with Crippen LogP contribution in [0.4, 0.5) is 13.2 Å². The summed E-state index contributed by atoms with van der Waals surface area (Å²) in [5.41, 5.74) is 2.54. The normalized spacial score (nSPS) is 10.6. The van der Waals surface area contributed by atoms with Crippen molar-refractivity contribution in [2.75, 3.05) is 0 Å². The van der Waals surface area contributed by atoms with Crippen molar-refractivity contribution in [1.82, 2.24) is 5.43 Å². The summed E-state index contributed by atoms with van der Waals surface area (Å²) >= 11 is 0. The van der Waals surface area contributed by atoms with E-state index in [1.54, 1.807) is 0 Å². The molecule has 0 spiro atoms. The smallest absolute Gasteiger partial charge is 0.387 e. The molecule has 78 valence electrons. The number of hydrazine groups is 1. The molecule has 1 aromatic rings. The molecule has 0 unspecified atom stereocenters. The standard InChI is InChI=1S/C8H9F3N2O/c9-7-3-6(14-8(10)11)2-1-5(7)4-13-12/h1-3,8,13H,4,12H2. The molecular formula is C8H9F3N2O. The van der Waals surface area contributed by atoms with Crippen LogP contribution in [-0.4, -0.2) is 6.61 Å². The first kappa shape index (κ1) is 10.8. The second-order valence-electron chi connectivity index (χ2n) is 2.51. The monoisotopic (exact) mass is 206 g/mol. The van der Waals surface area contributed by atoms with E-state index in [0.29, 0.717) is 0 Å². The molecule has 0 heterocycles. The van der Waals surface area contributed by atoms with E-state index < -0.39 is 12.4 Å². The van der Waals surface area contributed by atoms with Crippen LogP contribution in [0.5, 0.6) is 5.75 Å². The lowest BCUT2D eigenvalue weighted by atomic mass is 10.2. The molecular weight excluding hydrogens is 197 g/mol. The molecule has 0 fully saturated rings. The number of hydrogen-bond donors (Lipinski definition) is 2. The summed E-state index contributed by atoms with van der Waals surface area (Å²) in [6, 6.07) is 3.47. The molecule has 3 nitrogen and oxygen atoms in total. The number of rotatable bonds is 4. The van der Waals surface area contributed by atoms with Crippen LogP contribution in [-0.2, 0) is 6.54 Å². The molecule has 0 saturated carbocycles. The van der Waals surface area contributed by atoms with Crippen LogP contribution < -0.4 is 16.0 Å². The summed E-state index contributed by atoms with van der Waals surface area (Å²) < 4.78 is 40.5. The van der Waals surface area contributed by atoms with E-state index in [-0.39, 0.29) is 17.9 Å². The highest BCUT2D eigenvalue weighted by Gasteiger charge is 2.07. The Morgan fingerprint density at radius 1 is 1.43 bits per heavy atom. The maximum Gasteiger partial charge on any atom is 0.387 e. The third kappa shape index (κ3) is 2.90. The van der Waals surface area contributed by atoms with Crippen molar-refractivity contribution >= 4 is 0 Å². The second kappa shape index (κ2) is 4.83. The lowest BCUT2D eigenvalue weighted by Gasteiger charge is -2.06. The molecule has 0 aromatic heterocycles. The van der Waals surface area contributed by atoms with Crippen molar-refractivity contribution in [3.63, 3.8) is 0 Å². The summed E-state index contributed by atoms with van der Waals surface area (Å²) in [6.07, 6.45) is 0. The van der Waals surface area contributed by atoms with Crippen molar-refractivity contribution in [2.45, 2.75) is 13.2 Å². The Morgan fingerprint density at radius 2 is 2.14 bits per heavy atom. The number of hydrogen-bond acceptors (Lipinski definition) is 3. The number of nitrogens with two attached hydrogens (primary N) is 1. The third-order valence-corrected chi connectivity index (χ3v) is 1.54. The summed E-state index contributed by atoms with van der Waals surface area (Å²) in [7, 11) is 0. The van der Waals surface area contributed by atoms with Crippen LogP contribution >= 0.6 is 0 Å². The largest absolute Gasteiger partial charge is 0.435 e. The lowest BCUT2D eigenvalue weighted by Crippen LogP contribution is -2.21. The maximum atomic E-state index is 13.1. The predicted octanol–water partition coefficient (Wildman–Crippen LogP) is 1.39. The van der Waals surface area contributed by atoms with Crippen LogP contribution in [0.1, 0.15) is 5.56 Å². The first-order chi connectivity index (χ1) is 6.63. The summed E-state index contributed by atoms with van der Waals surface area (Å²) in [5.74, 6) is 4.13. The minimum absolute atomic E-state index is 0.126. The average molecular weight is 206 g/mol. The van der Waals surface area contributed by atoms with E-state index in [9.17, 15) is 13.2 Å². The van der Waals surface area contributed by atoms with Gasteiger partial charge in [-0.2, -0.15) is 8.78 Å². The Morgan fingerprint density at radius 3 is 2.64 bits per heavy atom. The summed E-state index contributed by atoms with van der Waals surface area (Å²) in [6.45, 7) is -2.83. The van der Waals surface area contributed by atoms with Crippen molar-refractivity contribution < 1.29 is 17.9 Å². The van der Waals surface area contributed by atoms with Gasteiger partial charge in [-0.25, -0.2) is 4.39 Å². The summed E-state index contributed by atoms with van der Waals surface area (Å²) in [5, 5.41) is 0. The van der Waals surface area contributed by atoms with Gasteiger partial charge in [-0.1, -0.05) is 6.07 Å². The van der Waals surface area contributed by atoms with Crippen LogP contribution in [0.15, 0.2) is 18.2 Å². The van der Waals surface area contributed by atoms with Crippen molar-refractivity contribution in [1.29, 1.82) is 0 Å². The van der Waals surface area contributed by atoms with Gasteiger partial charge in [-0.15, -0.1) is 0 Å². The molecule has 0 aliphatic heterocycles. The van der Waals surface area contributed by atoms with Gasteiger partial charge in [0.15, 0.2) is 0 Å². The average Bonchev–Trinajstić information content (AvgIpc) is 2.09. The Labute approximate surface area is 78.6 Å². The van der Waals surface area contributed by atoms with Gasteiger partial charge in [0.2, 0.25) is 0 Å². The zero-order valence-electron chi connectivity index (χ0n) is 7.14. The fraction of sp³-hybridized carbons (Fsp3) is 0.250. The van der Waals surface area contributed by atoms with E-state index in [1.165, 1.54) is 12.1 Å². The molecule has 0 bridgehead atoms. The number of benzene rings is 1. The van der Waals surface area contributed by atoms with Gasteiger partial charge < -0.3 is 4.74 Å². The van der Waals surface area contributed by atoms with E-state index in [2.05, 4.69) is 10.2 Å². The Balaban J connectivity index is 2.78. The lowest BCUT2D eigenvalue weighted by molar-refractivity contribution is -0.0500. The molecule has 0 amide bonds. The van der Waals surface area contributed by atoms with E-state index in [0.717, 1.165) is 6.07 Å². The highest BCUT2D eigenvalue weighted by atomic mass is 19.3. The minimum atomic E-state index is -2.95. The van der Waals surface area contributed by atoms with Crippen molar-refractivity contribution in [2.24, 2.45) is 5.84 Å². The van der Waals surface area contributed by atoms with E-state index >= 15 is 0 Å². The van der Waals surface area contributed by atoms with Crippen LogP contribution in [0.3, 0.4) is 0 Å².